The summed E-state index contributed by atoms with van der Waals surface area (Å²) in [6.07, 6.45) is 2.95. The van der Waals surface area contributed by atoms with Gasteiger partial charge in [0.15, 0.2) is 0 Å². The lowest BCUT2D eigenvalue weighted by Gasteiger charge is -2.30. The fraction of sp³-hybridized carbons (Fsp3) is 0.818. The molecule has 0 unspecified atom stereocenters. The van der Waals surface area contributed by atoms with Crippen LogP contribution < -0.4 is 11.1 Å². The molecule has 0 spiro atoms. The molecule has 0 radical (unpaired) electrons. The van der Waals surface area contributed by atoms with E-state index in [1.54, 1.807) is 0 Å². The Bertz CT molecular complexity index is 250. The molecule has 1 fully saturated rings. The number of thiocarbonyl (C=S) groups is 1. The first-order valence-corrected chi connectivity index (χ1v) is 6.32. The van der Waals surface area contributed by atoms with Gasteiger partial charge >= 0.3 is 0 Å². The maximum Gasteiger partial charge on any atom is 0.234 e. The Kier molecular flexibility index (Phi) is 5.69. The summed E-state index contributed by atoms with van der Waals surface area (Å²) < 4.78 is 0. The van der Waals surface area contributed by atoms with Crippen molar-refractivity contribution >= 4 is 23.1 Å². The van der Waals surface area contributed by atoms with E-state index in [-0.39, 0.29) is 5.91 Å². The topological polar surface area (TPSA) is 58.4 Å². The maximum absolute atomic E-state index is 11.5. The van der Waals surface area contributed by atoms with Gasteiger partial charge in [-0.1, -0.05) is 19.1 Å². The molecule has 0 aromatic carbocycles. The average molecular weight is 243 g/mol. The van der Waals surface area contributed by atoms with Gasteiger partial charge in [0.25, 0.3) is 0 Å². The van der Waals surface area contributed by atoms with Gasteiger partial charge in [-0.15, -0.1) is 0 Å². The van der Waals surface area contributed by atoms with Crippen LogP contribution in [0, 0.1) is 5.92 Å². The second kappa shape index (κ2) is 6.81. The van der Waals surface area contributed by atoms with E-state index in [0.717, 1.165) is 38.9 Å². The molecule has 1 aliphatic rings. The number of piperidine rings is 1. The Morgan fingerprint density at radius 1 is 1.50 bits per heavy atom. The van der Waals surface area contributed by atoms with Crippen LogP contribution in [0.25, 0.3) is 0 Å². The molecule has 1 rings (SSSR count). The largest absolute Gasteiger partial charge is 0.393 e. The summed E-state index contributed by atoms with van der Waals surface area (Å²) in [5.41, 5.74) is 5.61. The predicted molar refractivity (Wildman–Crippen MR) is 69.3 cm³/mol. The van der Waals surface area contributed by atoms with Crippen molar-refractivity contribution in [1.29, 1.82) is 0 Å². The van der Waals surface area contributed by atoms with Gasteiger partial charge < -0.3 is 11.1 Å². The third-order valence-corrected chi connectivity index (χ3v) is 3.26. The number of hydrogen-bond acceptors (Lipinski definition) is 3. The summed E-state index contributed by atoms with van der Waals surface area (Å²) >= 11 is 4.98. The standard InChI is InChI=1S/C11H21N3OS/c1-2-5-13-10(15)8-14-6-3-9(4-7-14)11(12)16/h9H,2-8H2,1H3,(H2,12,16)(H,13,15). The van der Waals surface area contributed by atoms with Gasteiger partial charge in [-0.05, 0) is 32.4 Å². The summed E-state index contributed by atoms with van der Waals surface area (Å²) in [6, 6.07) is 0. The van der Waals surface area contributed by atoms with Gasteiger partial charge in [-0.25, -0.2) is 0 Å². The first-order chi connectivity index (χ1) is 7.63. The lowest BCUT2D eigenvalue weighted by Crippen LogP contribution is -2.43. The fourth-order valence-electron chi connectivity index (χ4n) is 1.90. The van der Waals surface area contributed by atoms with Gasteiger partial charge in [0.1, 0.15) is 0 Å². The quantitative estimate of drug-likeness (QED) is 0.691. The summed E-state index contributed by atoms with van der Waals surface area (Å²) in [5.74, 6) is 0.487. The van der Waals surface area contributed by atoms with Crippen molar-refractivity contribution in [2.24, 2.45) is 11.7 Å². The molecule has 0 aliphatic carbocycles. The van der Waals surface area contributed by atoms with Crippen molar-refractivity contribution in [2.75, 3.05) is 26.2 Å². The normalized spacial score (nSPS) is 18.3. The average Bonchev–Trinajstić information content (AvgIpc) is 2.27. The molecule has 5 heteroatoms. The highest BCUT2D eigenvalue weighted by atomic mass is 32.1. The lowest BCUT2D eigenvalue weighted by atomic mass is 9.97. The molecule has 92 valence electrons. The van der Waals surface area contributed by atoms with E-state index in [2.05, 4.69) is 10.2 Å². The molecule has 0 atom stereocenters. The number of hydrogen-bond donors (Lipinski definition) is 2. The summed E-state index contributed by atoms with van der Waals surface area (Å²) in [4.78, 5) is 14.3. The Morgan fingerprint density at radius 2 is 2.12 bits per heavy atom. The Balaban J connectivity index is 2.21. The van der Waals surface area contributed by atoms with Crippen LogP contribution in [0.5, 0.6) is 0 Å². The maximum atomic E-state index is 11.5. The smallest absolute Gasteiger partial charge is 0.234 e. The van der Waals surface area contributed by atoms with Crippen LogP contribution in [0.1, 0.15) is 26.2 Å². The third kappa shape index (κ3) is 4.45. The van der Waals surface area contributed by atoms with Crippen molar-refractivity contribution in [1.82, 2.24) is 10.2 Å². The van der Waals surface area contributed by atoms with Crippen LogP contribution in [0.15, 0.2) is 0 Å². The highest BCUT2D eigenvalue weighted by Gasteiger charge is 2.21. The molecule has 1 amide bonds. The van der Waals surface area contributed by atoms with Gasteiger partial charge in [0.2, 0.25) is 5.91 Å². The number of likely N-dealkylation sites (tertiary alicyclic amines) is 1. The minimum absolute atomic E-state index is 0.121. The Hall–Kier alpha value is -0.680. The fourth-order valence-corrected chi connectivity index (χ4v) is 2.13. The first-order valence-electron chi connectivity index (χ1n) is 5.91. The molecule has 16 heavy (non-hydrogen) atoms. The van der Waals surface area contributed by atoms with Gasteiger partial charge in [0.05, 0.1) is 11.5 Å². The number of carbonyl (C=O) groups is 1. The zero-order chi connectivity index (χ0) is 12.0. The predicted octanol–water partition coefficient (Wildman–Crippen LogP) is 0.511. The number of nitrogens with zero attached hydrogens (tertiary/aromatic N) is 1. The second-order valence-electron chi connectivity index (χ2n) is 4.30. The molecule has 1 saturated heterocycles. The van der Waals surface area contributed by atoms with E-state index in [1.807, 2.05) is 6.92 Å². The van der Waals surface area contributed by atoms with Crippen LogP contribution in [0.3, 0.4) is 0 Å². The van der Waals surface area contributed by atoms with Crippen molar-refractivity contribution in [3.63, 3.8) is 0 Å². The zero-order valence-electron chi connectivity index (χ0n) is 9.87. The van der Waals surface area contributed by atoms with Crippen LogP contribution in [-0.4, -0.2) is 42.0 Å². The summed E-state index contributed by atoms with van der Waals surface area (Å²) in [6.45, 7) is 5.16. The van der Waals surface area contributed by atoms with Gasteiger partial charge in [0, 0.05) is 12.5 Å². The van der Waals surface area contributed by atoms with Crippen molar-refractivity contribution in [2.45, 2.75) is 26.2 Å². The molecule has 0 bridgehead atoms. The Labute approximate surface area is 103 Å². The highest BCUT2D eigenvalue weighted by molar-refractivity contribution is 7.80. The molecular weight excluding hydrogens is 222 g/mol. The molecular formula is C11H21N3OS. The number of nitrogens with two attached hydrogens (primary N) is 1. The van der Waals surface area contributed by atoms with E-state index in [0.29, 0.717) is 17.5 Å². The molecule has 4 nitrogen and oxygen atoms in total. The van der Waals surface area contributed by atoms with Crippen molar-refractivity contribution in [3.8, 4) is 0 Å². The SMILES string of the molecule is CCCNC(=O)CN1CCC(C(N)=S)CC1. The third-order valence-electron chi connectivity index (χ3n) is 2.93. The van der Waals surface area contributed by atoms with E-state index in [1.165, 1.54) is 0 Å². The van der Waals surface area contributed by atoms with Crippen LogP contribution in [0.4, 0.5) is 0 Å². The summed E-state index contributed by atoms with van der Waals surface area (Å²) in [5, 5.41) is 2.88. The number of carbonyl (C=O) groups excluding carboxylic acids is 1. The minimum Gasteiger partial charge on any atom is -0.393 e. The van der Waals surface area contributed by atoms with Crippen molar-refractivity contribution < 1.29 is 4.79 Å². The number of rotatable bonds is 5. The van der Waals surface area contributed by atoms with E-state index in [4.69, 9.17) is 18.0 Å². The van der Waals surface area contributed by atoms with Crippen LogP contribution >= 0.6 is 12.2 Å². The molecule has 0 aromatic heterocycles. The van der Waals surface area contributed by atoms with Gasteiger partial charge in [-0.2, -0.15) is 0 Å². The van der Waals surface area contributed by atoms with Crippen LogP contribution in [-0.2, 0) is 4.79 Å². The van der Waals surface area contributed by atoms with E-state index in [9.17, 15) is 4.79 Å². The first kappa shape index (κ1) is 13.4. The minimum atomic E-state index is 0.121. The highest BCUT2D eigenvalue weighted by Crippen LogP contribution is 2.16. The van der Waals surface area contributed by atoms with Crippen molar-refractivity contribution in [3.05, 3.63) is 0 Å². The molecule has 0 aromatic rings. The molecule has 3 N–H and O–H groups in total. The van der Waals surface area contributed by atoms with Gasteiger partial charge in [-0.3, -0.25) is 9.69 Å². The zero-order valence-corrected chi connectivity index (χ0v) is 10.7. The summed E-state index contributed by atoms with van der Waals surface area (Å²) in [7, 11) is 0. The monoisotopic (exact) mass is 243 g/mol. The second-order valence-corrected chi connectivity index (χ2v) is 4.77. The molecule has 1 heterocycles. The van der Waals surface area contributed by atoms with E-state index < -0.39 is 0 Å². The number of amides is 1. The number of nitrogens with one attached hydrogen (secondary N) is 1. The van der Waals surface area contributed by atoms with Crippen LogP contribution in [0.2, 0.25) is 0 Å². The lowest BCUT2D eigenvalue weighted by molar-refractivity contribution is -0.122. The molecule has 0 saturated carbocycles. The van der Waals surface area contributed by atoms with E-state index >= 15 is 0 Å². The Morgan fingerprint density at radius 3 is 2.62 bits per heavy atom. The molecule has 1 aliphatic heterocycles.